The zero-order valence-corrected chi connectivity index (χ0v) is 20.3. The predicted molar refractivity (Wildman–Crippen MR) is 131 cm³/mol. The summed E-state index contributed by atoms with van der Waals surface area (Å²) in [5, 5.41) is 9.87. The highest BCUT2D eigenvalue weighted by Crippen LogP contribution is 2.25. The van der Waals surface area contributed by atoms with E-state index in [1.807, 2.05) is 43.5 Å². The molecule has 8 nitrogen and oxygen atoms in total. The van der Waals surface area contributed by atoms with Crippen LogP contribution in [0.2, 0.25) is 0 Å². The molecule has 0 bridgehead atoms. The second-order valence-electron chi connectivity index (χ2n) is 7.62. The Morgan fingerprint density at radius 2 is 1.76 bits per heavy atom. The zero-order valence-electron chi connectivity index (χ0n) is 18.7. The van der Waals surface area contributed by atoms with Crippen LogP contribution in [0, 0.1) is 0 Å². The first-order valence-corrected chi connectivity index (χ1v) is 13.3. The van der Waals surface area contributed by atoms with Gasteiger partial charge in [0.15, 0.2) is 16.8 Å². The summed E-state index contributed by atoms with van der Waals surface area (Å²) >= 11 is 1.29. The number of ketones is 1. The molecular formula is C23H25N5O3S2. The van der Waals surface area contributed by atoms with Gasteiger partial charge in [-0.3, -0.25) is 9.10 Å². The first kappa shape index (κ1) is 23.1. The number of aromatic nitrogens is 4. The molecule has 0 amide bonds. The highest BCUT2D eigenvalue weighted by atomic mass is 32.2. The van der Waals surface area contributed by atoms with Crippen LogP contribution in [-0.2, 0) is 30.2 Å². The third-order valence-corrected chi connectivity index (χ3v) is 7.58. The van der Waals surface area contributed by atoms with Gasteiger partial charge < -0.3 is 9.13 Å². The van der Waals surface area contributed by atoms with E-state index in [0.717, 1.165) is 23.7 Å². The van der Waals surface area contributed by atoms with Gasteiger partial charge in [0.25, 0.3) is 0 Å². The molecule has 0 aliphatic rings. The van der Waals surface area contributed by atoms with E-state index in [-0.39, 0.29) is 18.1 Å². The fraction of sp³-hybridized carbons (Fsp3) is 0.261. The molecule has 0 spiro atoms. The Morgan fingerprint density at radius 1 is 1.06 bits per heavy atom. The first-order chi connectivity index (χ1) is 15.8. The fourth-order valence-electron chi connectivity index (χ4n) is 3.67. The summed E-state index contributed by atoms with van der Waals surface area (Å²) < 4.78 is 29.8. The van der Waals surface area contributed by atoms with Gasteiger partial charge >= 0.3 is 0 Å². The van der Waals surface area contributed by atoms with Crippen LogP contribution in [-0.4, -0.2) is 45.5 Å². The van der Waals surface area contributed by atoms with Crippen LogP contribution in [0.5, 0.6) is 0 Å². The Labute approximate surface area is 197 Å². The Bertz CT molecular complexity index is 1390. The van der Waals surface area contributed by atoms with Crippen molar-refractivity contribution in [3.05, 3.63) is 72.2 Å². The van der Waals surface area contributed by atoms with Gasteiger partial charge in [0.05, 0.1) is 24.2 Å². The number of anilines is 1. The highest BCUT2D eigenvalue weighted by Gasteiger charge is 2.22. The lowest BCUT2D eigenvalue weighted by atomic mass is 10.1. The zero-order chi connectivity index (χ0) is 23.6. The molecule has 0 unspecified atom stereocenters. The molecule has 33 heavy (non-hydrogen) atoms. The minimum absolute atomic E-state index is 0.00926. The van der Waals surface area contributed by atoms with Gasteiger partial charge in [0, 0.05) is 36.3 Å². The van der Waals surface area contributed by atoms with Crippen LogP contribution in [0.4, 0.5) is 5.69 Å². The van der Waals surface area contributed by atoms with Crippen molar-refractivity contribution in [3.8, 4) is 0 Å². The Morgan fingerprint density at radius 3 is 2.45 bits per heavy atom. The third-order valence-electron chi connectivity index (χ3n) is 5.42. The molecule has 2 aromatic heterocycles. The summed E-state index contributed by atoms with van der Waals surface area (Å²) in [5.41, 5.74) is 2.28. The van der Waals surface area contributed by atoms with Crippen LogP contribution in [0.25, 0.3) is 10.9 Å². The van der Waals surface area contributed by atoms with Crippen LogP contribution in [0.1, 0.15) is 23.1 Å². The number of para-hydroxylation sites is 2. The molecule has 4 rings (SSSR count). The molecule has 0 radical (unpaired) electrons. The molecule has 0 N–H and O–H groups in total. The summed E-state index contributed by atoms with van der Waals surface area (Å²) in [6, 6.07) is 16.7. The molecule has 0 saturated carbocycles. The molecule has 0 fully saturated rings. The fourth-order valence-corrected chi connectivity index (χ4v) is 5.34. The van der Waals surface area contributed by atoms with Crippen molar-refractivity contribution in [2.45, 2.75) is 25.2 Å². The molecule has 0 saturated heterocycles. The SMILES string of the molecule is CCn1cc(C(=O)CSc2nnc(CN(c3ccccc3)S(C)(=O)=O)n2C)c2ccccc21. The van der Waals surface area contributed by atoms with Gasteiger partial charge in [-0.15, -0.1) is 10.2 Å². The van der Waals surface area contributed by atoms with Crippen molar-refractivity contribution in [1.29, 1.82) is 0 Å². The number of aryl methyl sites for hydroxylation is 1. The minimum atomic E-state index is -3.52. The monoisotopic (exact) mass is 483 g/mol. The Kier molecular flexibility index (Phi) is 6.57. The molecule has 4 aromatic rings. The topological polar surface area (TPSA) is 90.1 Å². The van der Waals surface area contributed by atoms with E-state index >= 15 is 0 Å². The van der Waals surface area contributed by atoms with Crippen LogP contribution in [0.15, 0.2) is 66.0 Å². The summed E-state index contributed by atoms with van der Waals surface area (Å²) in [5.74, 6) is 0.704. The summed E-state index contributed by atoms with van der Waals surface area (Å²) in [4.78, 5) is 13.0. The lowest BCUT2D eigenvalue weighted by Crippen LogP contribution is -2.30. The van der Waals surface area contributed by atoms with Crippen molar-refractivity contribution in [2.24, 2.45) is 7.05 Å². The molecule has 2 aromatic carbocycles. The normalized spacial score (nSPS) is 11.7. The number of thioether (sulfide) groups is 1. The number of carbonyl (C=O) groups is 1. The van der Waals surface area contributed by atoms with E-state index in [1.54, 1.807) is 35.9 Å². The lowest BCUT2D eigenvalue weighted by molar-refractivity contribution is 0.102. The number of Topliss-reactive ketones (excluding diaryl/α,β-unsaturated/α-hetero) is 1. The van der Waals surface area contributed by atoms with Crippen molar-refractivity contribution in [3.63, 3.8) is 0 Å². The smallest absolute Gasteiger partial charge is 0.232 e. The molecule has 0 aliphatic heterocycles. The number of carbonyl (C=O) groups excluding carboxylic acids is 1. The maximum atomic E-state index is 13.0. The first-order valence-electron chi connectivity index (χ1n) is 10.4. The maximum Gasteiger partial charge on any atom is 0.232 e. The summed E-state index contributed by atoms with van der Waals surface area (Å²) in [6.45, 7) is 2.88. The minimum Gasteiger partial charge on any atom is -0.347 e. The molecular weight excluding hydrogens is 458 g/mol. The molecule has 0 atom stereocenters. The quantitative estimate of drug-likeness (QED) is 0.266. The van der Waals surface area contributed by atoms with Crippen molar-refractivity contribution in [2.75, 3.05) is 16.3 Å². The van der Waals surface area contributed by atoms with E-state index < -0.39 is 10.0 Å². The van der Waals surface area contributed by atoms with Gasteiger partial charge in [-0.25, -0.2) is 8.42 Å². The second kappa shape index (κ2) is 9.40. The summed E-state index contributed by atoms with van der Waals surface area (Å²) in [7, 11) is -1.74. The van der Waals surface area contributed by atoms with Crippen LogP contribution < -0.4 is 4.31 Å². The van der Waals surface area contributed by atoms with Gasteiger partial charge in [0.2, 0.25) is 10.0 Å². The van der Waals surface area contributed by atoms with Gasteiger partial charge in [-0.05, 0) is 25.1 Å². The van der Waals surface area contributed by atoms with Crippen LogP contribution >= 0.6 is 11.8 Å². The van der Waals surface area contributed by atoms with Gasteiger partial charge in [-0.1, -0.05) is 48.2 Å². The Balaban J connectivity index is 1.51. The van der Waals surface area contributed by atoms with Crippen molar-refractivity contribution in [1.82, 2.24) is 19.3 Å². The van der Waals surface area contributed by atoms with Gasteiger partial charge in [0.1, 0.15) is 0 Å². The second-order valence-corrected chi connectivity index (χ2v) is 10.5. The van der Waals surface area contributed by atoms with E-state index in [1.165, 1.54) is 16.1 Å². The van der Waals surface area contributed by atoms with E-state index in [9.17, 15) is 13.2 Å². The van der Waals surface area contributed by atoms with E-state index in [4.69, 9.17) is 0 Å². The number of nitrogens with zero attached hydrogens (tertiary/aromatic N) is 5. The standard InChI is InChI=1S/C23H25N5O3S2/c1-4-27-14-19(18-12-8-9-13-20(18)27)21(29)16-32-23-25-24-22(26(23)2)15-28(33(3,30)31)17-10-6-5-7-11-17/h5-14H,4,15-16H2,1-3H3. The van der Waals surface area contributed by atoms with Crippen molar-refractivity contribution < 1.29 is 13.2 Å². The van der Waals surface area contributed by atoms with Crippen LogP contribution in [0.3, 0.4) is 0 Å². The average molecular weight is 484 g/mol. The number of hydrogen-bond acceptors (Lipinski definition) is 6. The highest BCUT2D eigenvalue weighted by molar-refractivity contribution is 7.99. The molecule has 2 heterocycles. The number of rotatable bonds is 9. The largest absolute Gasteiger partial charge is 0.347 e. The van der Waals surface area contributed by atoms with Crippen molar-refractivity contribution >= 4 is 44.2 Å². The van der Waals surface area contributed by atoms with E-state index in [2.05, 4.69) is 14.8 Å². The maximum absolute atomic E-state index is 13.0. The molecule has 172 valence electrons. The third kappa shape index (κ3) is 4.81. The predicted octanol–water partition coefficient (Wildman–Crippen LogP) is 3.73. The number of sulfonamides is 1. The molecule has 0 aliphatic carbocycles. The number of fused-ring (bicyclic) bond motifs is 1. The van der Waals surface area contributed by atoms with E-state index in [0.29, 0.717) is 22.2 Å². The summed E-state index contributed by atoms with van der Waals surface area (Å²) in [6.07, 6.45) is 3.07. The molecule has 10 heteroatoms. The lowest BCUT2D eigenvalue weighted by Gasteiger charge is -2.21. The number of benzene rings is 2. The average Bonchev–Trinajstić information content (AvgIpc) is 3.36. The van der Waals surface area contributed by atoms with Gasteiger partial charge in [-0.2, -0.15) is 0 Å². The Hall–Kier alpha value is -3.11. The number of hydrogen-bond donors (Lipinski definition) is 0.